The number of fused-ring (bicyclic) bond motifs is 1. The van der Waals surface area contributed by atoms with Gasteiger partial charge in [0.2, 0.25) is 0 Å². The number of H-pyrrole nitrogens is 1. The van der Waals surface area contributed by atoms with Gasteiger partial charge in [0, 0.05) is 36.3 Å². The maximum atomic E-state index is 13.6. The van der Waals surface area contributed by atoms with Crippen LogP contribution in [0.2, 0.25) is 0 Å². The van der Waals surface area contributed by atoms with E-state index in [0.29, 0.717) is 12.8 Å². The van der Waals surface area contributed by atoms with Crippen molar-refractivity contribution in [1.29, 1.82) is 0 Å². The second kappa shape index (κ2) is 7.35. The first-order valence-electron chi connectivity index (χ1n) is 9.24. The highest BCUT2D eigenvalue weighted by molar-refractivity contribution is 5.97. The van der Waals surface area contributed by atoms with Crippen molar-refractivity contribution in [1.82, 2.24) is 20.2 Å². The first-order valence-corrected chi connectivity index (χ1v) is 9.24. The summed E-state index contributed by atoms with van der Waals surface area (Å²) in [5.41, 5.74) is -1.24. The fourth-order valence-corrected chi connectivity index (χ4v) is 4.00. The molecule has 0 spiro atoms. The van der Waals surface area contributed by atoms with Crippen LogP contribution in [0, 0.1) is 0 Å². The topological polar surface area (TPSA) is 107 Å². The van der Waals surface area contributed by atoms with Crippen molar-refractivity contribution in [2.45, 2.75) is 43.1 Å². The summed E-state index contributed by atoms with van der Waals surface area (Å²) < 4.78 is 79.4. The molecule has 2 aromatic rings. The minimum atomic E-state index is -4.87. The maximum absolute atomic E-state index is 13.6. The first kappa shape index (κ1) is 21.3. The maximum Gasteiger partial charge on any atom is 0.433 e. The van der Waals surface area contributed by atoms with Crippen LogP contribution in [0.25, 0.3) is 0 Å². The van der Waals surface area contributed by atoms with Crippen LogP contribution in [-0.2, 0) is 11.0 Å². The van der Waals surface area contributed by atoms with E-state index in [4.69, 9.17) is 0 Å². The van der Waals surface area contributed by atoms with E-state index in [1.54, 1.807) is 4.90 Å². The SMILES string of the molecule is O=C1Nc2n[nH]c(C3CCN(c4cc(C(F)(F)F)ncn4)CC3)c2C(C(F)(F)F)C1O. The Bertz CT molecular complexity index is 982. The predicted molar refractivity (Wildman–Crippen MR) is 93.2 cm³/mol. The third-order valence-corrected chi connectivity index (χ3v) is 5.49. The van der Waals surface area contributed by atoms with Crippen LogP contribution in [0.15, 0.2) is 12.4 Å². The average Bonchev–Trinajstić information content (AvgIpc) is 3.10. The molecule has 168 valence electrons. The number of rotatable bonds is 2. The van der Waals surface area contributed by atoms with Gasteiger partial charge in [0.05, 0.1) is 0 Å². The summed E-state index contributed by atoms with van der Waals surface area (Å²) in [5, 5.41) is 18.3. The van der Waals surface area contributed by atoms with Crippen molar-refractivity contribution in [3.8, 4) is 0 Å². The minimum absolute atomic E-state index is 0.0725. The molecule has 31 heavy (non-hydrogen) atoms. The van der Waals surface area contributed by atoms with Gasteiger partial charge in [-0.2, -0.15) is 31.4 Å². The van der Waals surface area contributed by atoms with Crippen molar-refractivity contribution in [2.24, 2.45) is 0 Å². The number of alkyl halides is 6. The number of carbonyl (C=O) groups excluding carboxylic acids is 1. The van der Waals surface area contributed by atoms with E-state index in [9.17, 15) is 36.2 Å². The number of nitrogens with zero attached hydrogens (tertiary/aromatic N) is 4. The minimum Gasteiger partial charge on any atom is -0.382 e. The van der Waals surface area contributed by atoms with E-state index in [0.717, 1.165) is 12.4 Å². The molecule has 14 heteroatoms. The van der Waals surface area contributed by atoms with Gasteiger partial charge in [-0.3, -0.25) is 9.89 Å². The van der Waals surface area contributed by atoms with Gasteiger partial charge < -0.3 is 15.3 Å². The molecular weight excluding hydrogens is 434 g/mol. The second-order valence-electron chi connectivity index (χ2n) is 7.37. The van der Waals surface area contributed by atoms with Gasteiger partial charge in [-0.1, -0.05) is 0 Å². The number of carbonyl (C=O) groups is 1. The Hall–Kier alpha value is -2.90. The standard InChI is InChI=1S/C17H16F6N6O2/c18-16(19,20)8-5-9(25-6-24-8)29-3-1-7(2-4-29)12-10-11(17(21,22)23)13(30)15(31)26-14(10)28-27-12/h5-7,11,13,30H,1-4H2,(H2,26,27,28,31). The zero-order valence-electron chi connectivity index (χ0n) is 15.6. The van der Waals surface area contributed by atoms with Crippen molar-refractivity contribution in [3.63, 3.8) is 0 Å². The number of halogens is 6. The Labute approximate surface area is 170 Å². The van der Waals surface area contributed by atoms with Crippen LogP contribution in [0.5, 0.6) is 0 Å². The first-order chi connectivity index (χ1) is 14.5. The summed E-state index contributed by atoms with van der Waals surface area (Å²) in [4.78, 5) is 20.4. The van der Waals surface area contributed by atoms with Crippen LogP contribution < -0.4 is 10.2 Å². The summed E-state index contributed by atoms with van der Waals surface area (Å²) in [6.07, 6.45) is -10.4. The highest BCUT2D eigenvalue weighted by atomic mass is 19.4. The fourth-order valence-electron chi connectivity index (χ4n) is 4.00. The number of anilines is 2. The smallest absolute Gasteiger partial charge is 0.382 e. The second-order valence-corrected chi connectivity index (χ2v) is 7.37. The molecular formula is C17H16F6N6O2. The zero-order chi connectivity index (χ0) is 22.6. The quantitative estimate of drug-likeness (QED) is 0.608. The molecule has 8 nitrogen and oxygen atoms in total. The van der Waals surface area contributed by atoms with Crippen molar-refractivity contribution < 1.29 is 36.2 Å². The molecule has 1 saturated heterocycles. The van der Waals surface area contributed by atoms with E-state index in [-0.39, 0.29) is 36.0 Å². The third kappa shape index (κ3) is 3.91. The molecule has 2 atom stereocenters. The van der Waals surface area contributed by atoms with Crippen molar-refractivity contribution >= 4 is 17.5 Å². The molecule has 0 aliphatic carbocycles. The third-order valence-electron chi connectivity index (χ3n) is 5.49. The average molecular weight is 450 g/mol. The van der Waals surface area contributed by atoms with Gasteiger partial charge in [0.1, 0.15) is 29.9 Å². The molecule has 2 aliphatic rings. The summed E-state index contributed by atoms with van der Waals surface area (Å²) in [5.74, 6) is -4.24. The Morgan fingerprint density at radius 1 is 1.10 bits per heavy atom. The van der Waals surface area contributed by atoms with Gasteiger partial charge in [-0.15, -0.1) is 0 Å². The molecule has 0 saturated carbocycles. The van der Waals surface area contributed by atoms with Gasteiger partial charge in [-0.05, 0) is 12.8 Å². The summed E-state index contributed by atoms with van der Waals surface area (Å²) in [6, 6.07) is 0.823. The molecule has 3 N–H and O–H groups in total. The van der Waals surface area contributed by atoms with Crippen molar-refractivity contribution in [2.75, 3.05) is 23.3 Å². The van der Waals surface area contributed by atoms with E-state index >= 15 is 0 Å². The normalized spacial score (nSPS) is 22.9. The number of aliphatic hydroxyl groups is 1. The summed E-state index contributed by atoms with van der Waals surface area (Å²) in [7, 11) is 0. The lowest BCUT2D eigenvalue weighted by Crippen LogP contribution is -2.44. The number of amides is 1. The molecule has 1 fully saturated rings. The highest BCUT2D eigenvalue weighted by Gasteiger charge is 2.53. The van der Waals surface area contributed by atoms with Crippen LogP contribution in [0.4, 0.5) is 38.0 Å². The molecule has 2 aromatic heterocycles. The van der Waals surface area contributed by atoms with Crippen LogP contribution in [0.1, 0.15) is 41.6 Å². The number of hydrogen-bond acceptors (Lipinski definition) is 6. The zero-order valence-corrected chi connectivity index (χ0v) is 15.6. The van der Waals surface area contributed by atoms with Crippen LogP contribution in [0.3, 0.4) is 0 Å². The monoisotopic (exact) mass is 450 g/mol. The number of hydrogen-bond donors (Lipinski definition) is 3. The lowest BCUT2D eigenvalue weighted by molar-refractivity contribution is -0.177. The molecule has 4 heterocycles. The number of aromatic nitrogens is 4. The summed E-state index contributed by atoms with van der Waals surface area (Å²) >= 11 is 0. The predicted octanol–water partition coefficient (Wildman–Crippen LogP) is 2.56. The Kier molecular flexibility index (Phi) is 5.06. The molecule has 1 amide bonds. The lowest BCUT2D eigenvalue weighted by Gasteiger charge is -2.34. The Balaban J connectivity index is 1.55. The Morgan fingerprint density at radius 2 is 1.77 bits per heavy atom. The Morgan fingerprint density at radius 3 is 2.39 bits per heavy atom. The number of nitrogens with one attached hydrogen (secondary N) is 2. The van der Waals surface area contributed by atoms with Gasteiger partial charge >= 0.3 is 12.4 Å². The lowest BCUT2D eigenvalue weighted by atomic mass is 9.83. The molecule has 2 aliphatic heterocycles. The van der Waals surface area contributed by atoms with Crippen molar-refractivity contribution in [3.05, 3.63) is 29.3 Å². The highest BCUT2D eigenvalue weighted by Crippen LogP contribution is 2.47. The van der Waals surface area contributed by atoms with E-state index in [2.05, 4.69) is 25.5 Å². The molecule has 0 bridgehead atoms. The number of aliphatic hydroxyl groups excluding tert-OH is 1. The van der Waals surface area contributed by atoms with E-state index in [1.165, 1.54) is 0 Å². The summed E-state index contributed by atoms with van der Waals surface area (Å²) in [6.45, 7) is 0.469. The van der Waals surface area contributed by atoms with E-state index < -0.39 is 41.9 Å². The van der Waals surface area contributed by atoms with E-state index in [1.807, 2.05) is 0 Å². The van der Waals surface area contributed by atoms with Gasteiger partial charge in [0.15, 0.2) is 5.82 Å². The molecule has 2 unspecified atom stereocenters. The van der Waals surface area contributed by atoms with Crippen LogP contribution >= 0.6 is 0 Å². The fraction of sp³-hybridized carbons (Fsp3) is 0.529. The van der Waals surface area contributed by atoms with Gasteiger partial charge in [-0.25, -0.2) is 9.97 Å². The number of piperidine rings is 1. The van der Waals surface area contributed by atoms with Crippen LogP contribution in [-0.4, -0.2) is 56.5 Å². The van der Waals surface area contributed by atoms with Gasteiger partial charge in [0.25, 0.3) is 5.91 Å². The molecule has 0 aromatic carbocycles. The molecule has 0 radical (unpaired) electrons. The largest absolute Gasteiger partial charge is 0.433 e. The number of aromatic amines is 1. The molecule has 4 rings (SSSR count).